The summed E-state index contributed by atoms with van der Waals surface area (Å²) in [5.41, 5.74) is 0. The quantitative estimate of drug-likeness (QED) is 0.823. The Hall–Kier alpha value is -0.380. The molecular formula is C13H24N2OS. The van der Waals surface area contributed by atoms with Crippen LogP contribution in [0.1, 0.15) is 32.6 Å². The second-order valence-electron chi connectivity index (χ2n) is 5.41. The number of nitrogens with one attached hydrogen (secondary N) is 1. The number of piperidine rings is 1. The average molecular weight is 256 g/mol. The summed E-state index contributed by atoms with van der Waals surface area (Å²) in [5.74, 6) is 4.03. The molecule has 3 nitrogen and oxygen atoms in total. The van der Waals surface area contributed by atoms with Crippen molar-refractivity contribution in [2.75, 3.05) is 31.1 Å². The Morgan fingerprint density at radius 1 is 1.24 bits per heavy atom. The van der Waals surface area contributed by atoms with Crippen molar-refractivity contribution in [2.24, 2.45) is 11.8 Å². The average Bonchev–Trinajstić information content (AvgIpc) is 2.38. The first kappa shape index (κ1) is 13.1. The van der Waals surface area contributed by atoms with Crippen molar-refractivity contribution >= 4 is 17.8 Å². The molecule has 0 unspecified atom stereocenters. The van der Waals surface area contributed by atoms with Gasteiger partial charge >= 0.3 is 6.03 Å². The molecule has 2 heterocycles. The van der Waals surface area contributed by atoms with E-state index in [0.29, 0.717) is 5.92 Å². The summed E-state index contributed by atoms with van der Waals surface area (Å²) in [6.45, 7) is 5.03. The Morgan fingerprint density at radius 2 is 1.88 bits per heavy atom. The molecule has 0 bridgehead atoms. The summed E-state index contributed by atoms with van der Waals surface area (Å²) in [4.78, 5) is 13.9. The first-order valence-corrected chi connectivity index (χ1v) is 8.01. The molecule has 0 radical (unpaired) electrons. The second-order valence-corrected chi connectivity index (χ2v) is 6.64. The summed E-state index contributed by atoms with van der Waals surface area (Å²) < 4.78 is 0. The summed E-state index contributed by atoms with van der Waals surface area (Å²) in [7, 11) is 0. The molecule has 1 N–H and O–H groups in total. The van der Waals surface area contributed by atoms with Gasteiger partial charge < -0.3 is 10.2 Å². The monoisotopic (exact) mass is 256 g/mol. The molecule has 98 valence electrons. The van der Waals surface area contributed by atoms with Crippen LogP contribution in [0, 0.1) is 11.8 Å². The van der Waals surface area contributed by atoms with Crippen LogP contribution in [0.15, 0.2) is 0 Å². The third kappa shape index (κ3) is 4.09. The van der Waals surface area contributed by atoms with Crippen LogP contribution in [0.3, 0.4) is 0 Å². The molecule has 0 aromatic carbocycles. The molecule has 0 aliphatic carbocycles. The largest absolute Gasteiger partial charge is 0.338 e. The molecule has 4 heteroatoms. The number of hydrogen-bond donors (Lipinski definition) is 1. The van der Waals surface area contributed by atoms with Crippen molar-refractivity contribution in [3.8, 4) is 0 Å². The van der Waals surface area contributed by atoms with Gasteiger partial charge in [-0.3, -0.25) is 0 Å². The summed E-state index contributed by atoms with van der Waals surface area (Å²) in [5, 5.41) is 3.11. The molecule has 2 rings (SSSR count). The van der Waals surface area contributed by atoms with Gasteiger partial charge in [-0.2, -0.15) is 11.8 Å². The zero-order valence-corrected chi connectivity index (χ0v) is 11.6. The van der Waals surface area contributed by atoms with E-state index in [2.05, 4.69) is 12.2 Å². The van der Waals surface area contributed by atoms with Crippen molar-refractivity contribution in [1.82, 2.24) is 10.2 Å². The van der Waals surface area contributed by atoms with Crippen molar-refractivity contribution in [3.05, 3.63) is 0 Å². The molecule has 2 saturated heterocycles. The Kier molecular flexibility index (Phi) is 5.01. The molecule has 0 aromatic heterocycles. The Labute approximate surface area is 109 Å². The zero-order valence-electron chi connectivity index (χ0n) is 10.8. The first-order valence-electron chi connectivity index (χ1n) is 6.86. The fourth-order valence-corrected chi connectivity index (χ4v) is 3.71. The van der Waals surface area contributed by atoms with Gasteiger partial charge in [-0.25, -0.2) is 4.79 Å². The van der Waals surface area contributed by atoms with E-state index in [1.807, 2.05) is 16.7 Å². The third-order valence-corrected chi connectivity index (χ3v) is 5.00. The maximum Gasteiger partial charge on any atom is 0.317 e. The van der Waals surface area contributed by atoms with Crippen molar-refractivity contribution in [3.63, 3.8) is 0 Å². The van der Waals surface area contributed by atoms with Crippen LogP contribution >= 0.6 is 11.8 Å². The molecule has 0 saturated carbocycles. The summed E-state index contributed by atoms with van der Waals surface area (Å²) in [6, 6.07) is 0.162. The van der Waals surface area contributed by atoms with Crippen LogP contribution in [-0.2, 0) is 0 Å². The Balaban J connectivity index is 1.66. The molecule has 0 atom stereocenters. The van der Waals surface area contributed by atoms with Crippen LogP contribution in [-0.4, -0.2) is 42.1 Å². The second kappa shape index (κ2) is 6.53. The lowest BCUT2D eigenvalue weighted by Crippen LogP contribution is -2.45. The van der Waals surface area contributed by atoms with E-state index in [1.165, 1.54) is 24.3 Å². The van der Waals surface area contributed by atoms with Crippen LogP contribution in [0.25, 0.3) is 0 Å². The molecule has 0 spiro atoms. The number of hydrogen-bond acceptors (Lipinski definition) is 2. The van der Waals surface area contributed by atoms with Gasteiger partial charge in [0, 0.05) is 19.6 Å². The van der Waals surface area contributed by atoms with Crippen LogP contribution in [0.4, 0.5) is 4.79 Å². The van der Waals surface area contributed by atoms with Gasteiger partial charge in [0.2, 0.25) is 0 Å². The van der Waals surface area contributed by atoms with Gasteiger partial charge in [-0.05, 0) is 49.0 Å². The number of carbonyl (C=O) groups is 1. The smallest absolute Gasteiger partial charge is 0.317 e. The van der Waals surface area contributed by atoms with E-state index in [4.69, 9.17) is 0 Å². The lowest BCUT2D eigenvalue weighted by atomic mass is 9.99. The lowest BCUT2D eigenvalue weighted by Gasteiger charge is -2.31. The van der Waals surface area contributed by atoms with Crippen molar-refractivity contribution in [1.29, 1.82) is 0 Å². The van der Waals surface area contributed by atoms with E-state index >= 15 is 0 Å². The highest BCUT2D eigenvalue weighted by atomic mass is 32.2. The molecular weight excluding hydrogens is 232 g/mol. The van der Waals surface area contributed by atoms with Crippen LogP contribution < -0.4 is 5.32 Å². The number of carbonyl (C=O) groups excluding carboxylic acids is 1. The minimum Gasteiger partial charge on any atom is -0.338 e. The Morgan fingerprint density at radius 3 is 2.53 bits per heavy atom. The van der Waals surface area contributed by atoms with Gasteiger partial charge in [-0.15, -0.1) is 0 Å². The van der Waals surface area contributed by atoms with E-state index in [1.54, 1.807) is 0 Å². The minimum atomic E-state index is 0.162. The predicted molar refractivity (Wildman–Crippen MR) is 73.4 cm³/mol. The molecule has 2 amide bonds. The van der Waals surface area contributed by atoms with E-state index in [-0.39, 0.29) is 6.03 Å². The fraction of sp³-hybridized carbons (Fsp3) is 0.923. The number of rotatable bonds is 2. The number of urea groups is 1. The minimum absolute atomic E-state index is 0.162. The highest BCUT2D eigenvalue weighted by Gasteiger charge is 2.21. The van der Waals surface area contributed by atoms with Crippen molar-refractivity contribution in [2.45, 2.75) is 32.6 Å². The van der Waals surface area contributed by atoms with Gasteiger partial charge in [-0.1, -0.05) is 6.92 Å². The molecule has 0 aromatic rings. The number of nitrogens with zero attached hydrogens (tertiary/aromatic N) is 1. The van der Waals surface area contributed by atoms with Gasteiger partial charge in [0.1, 0.15) is 0 Å². The topological polar surface area (TPSA) is 32.3 Å². The molecule has 2 fully saturated rings. The molecule has 17 heavy (non-hydrogen) atoms. The van der Waals surface area contributed by atoms with Crippen LogP contribution in [0.2, 0.25) is 0 Å². The van der Waals surface area contributed by atoms with Gasteiger partial charge in [0.05, 0.1) is 0 Å². The number of amides is 2. The van der Waals surface area contributed by atoms with E-state index in [0.717, 1.165) is 38.4 Å². The SMILES string of the molecule is CC1CCN(C(=O)NCC2CCSCC2)CC1. The molecule has 2 aliphatic rings. The number of thioether (sulfide) groups is 1. The first-order chi connectivity index (χ1) is 8.25. The van der Waals surface area contributed by atoms with Crippen molar-refractivity contribution < 1.29 is 4.79 Å². The van der Waals surface area contributed by atoms with Gasteiger partial charge in [0.25, 0.3) is 0 Å². The highest BCUT2D eigenvalue weighted by Crippen LogP contribution is 2.22. The predicted octanol–water partition coefficient (Wildman–Crippen LogP) is 2.57. The maximum atomic E-state index is 12.0. The van der Waals surface area contributed by atoms with E-state index < -0.39 is 0 Å². The summed E-state index contributed by atoms with van der Waals surface area (Å²) in [6.07, 6.45) is 4.85. The number of likely N-dealkylation sites (tertiary alicyclic amines) is 1. The van der Waals surface area contributed by atoms with Crippen LogP contribution in [0.5, 0.6) is 0 Å². The fourth-order valence-electron chi connectivity index (χ4n) is 2.51. The van der Waals surface area contributed by atoms with Gasteiger partial charge in [0.15, 0.2) is 0 Å². The summed E-state index contributed by atoms with van der Waals surface area (Å²) >= 11 is 2.04. The normalized spacial score (nSPS) is 23.7. The zero-order chi connectivity index (χ0) is 12.1. The lowest BCUT2D eigenvalue weighted by molar-refractivity contribution is 0.172. The maximum absolute atomic E-state index is 12.0. The Bertz CT molecular complexity index is 246. The highest BCUT2D eigenvalue weighted by molar-refractivity contribution is 7.99. The third-order valence-electron chi connectivity index (χ3n) is 3.95. The standard InChI is InChI=1S/C13H24N2OS/c1-11-2-6-15(7-3-11)13(16)14-10-12-4-8-17-9-5-12/h11-12H,2-10H2,1H3,(H,14,16). The molecule has 2 aliphatic heterocycles. The van der Waals surface area contributed by atoms with E-state index in [9.17, 15) is 4.79 Å².